The van der Waals surface area contributed by atoms with Crippen LogP contribution in [-0.2, 0) is 0 Å². The molecule has 2 heterocycles. The summed E-state index contributed by atoms with van der Waals surface area (Å²) in [5, 5.41) is 4.12. The number of fused-ring (bicyclic) bond motifs is 1. The molecule has 2 aromatic heterocycles. The van der Waals surface area contributed by atoms with Gasteiger partial charge in [-0.3, -0.25) is 0 Å². The third-order valence-electron chi connectivity index (χ3n) is 2.00. The van der Waals surface area contributed by atoms with Gasteiger partial charge < -0.3 is 0 Å². The molecule has 0 saturated heterocycles. The highest BCUT2D eigenvalue weighted by Crippen LogP contribution is 2.39. The molecule has 0 atom stereocenters. The number of hydrogen-bond acceptors (Lipinski definition) is 3. The molecule has 11 heavy (non-hydrogen) atoms. The van der Waals surface area contributed by atoms with E-state index in [1.165, 1.54) is 18.5 Å². The fourth-order valence-electron chi connectivity index (χ4n) is 1.23. The summed E-state index contributed by atoms with van der Waals surface area (Å²) in [4.78, 5) is 5.47. The van der Waals surface area contributed by atoms with Crippen molar-refractivity contribution in [1.29, 1.82) is 0 Å². The third-order valence-corrected chi connectivity index (χ3v) is 2.69. The molecule has 0 radical (unpaired) electrons. The number of nitrogens with zero attached hydrogens (tertiary/aromatic N) is 3. The number of aromatic nitrogens is 3. The van der Waals surface area contributed by atoms with Gasteiger partial charge in [0.15, 0.2) is 0 Å². The van der Waals surface area contributed by atoms with E-state index in [9.17, 15) is 0 Å². The van der Waals surface area contributed by atoms with E-state index in [0.29, 0.717) is 0 Å². The maximum atomic E-state index is 4.45. The molecule has 0 aromatic carbocycles. The van der Waals surface area contributed by atoms with Crippen LogP contribution in [-0.4, -0.2) is 14.6 Å². The van der Waals surface area contributed by atoms with E-state index in [2.05, 4.69) is 10.1 Å². The summed E-state index contributed by atoms with van der Waals surface area (Å²) in [6, 6.07) is 0. The Morgan fingerprint density at radius 3 is 3.18 bits per heavy atom. The van der Waals surface area contributed by atoms with Gasteiger partial charge in [0.2, 0.25) is 4.96 Å². The van der Waals surface area contributed by atoms with Gasteiger partial charge in [0, 0.05) is 5.92 Å². The lowest BCUT2D eigenvalue weighted by Crippen LogP contribution is -1.77. The van der Waals surface area contributed by atoms with Gasteiger partial charge in [-0.25, -0.2) is 9.50 Å². The van der Waals surface area contributed by atoms with Crippen molar-refractivity contribution in [2.24, 2.45) is 0 Å². The lowest BCUT2D eigenvalue weighted by molar-refractivity contribution is 0.961. The van der Waals surface area contributed by atoms with Crippen LogP contribution in [0.4, 0.5) is 0 Å². The van der Waals surface area contributed by atoms with Crippen molar-refractivity contribution in [2.45, 2.75) is 18.8 Å². The zero-order valence-corrected chi connectivity index (χ0v) is 6.71. The zero-order valence-electron chi connectivity index (χ0n) is 5.90. The van der Waals surface area contributed by atoms with E-state index in [1.807, 2.05) is 16.2 Å². The second kappa shape index (κ2) is 1.82. The standard InChI is InChI=1S/C7H7N3S/c1-2-5(1)6-3-10-7(9-6)11-4-8-10/h3-5H,1-2H2. The molecule has 2 aromatic rings. The summed E-state index contributed by atoms with van der Waals surface area (Å²) in [5.41, 5.74) is 3.04. The maximum absolute atomic E-state index is 4.45. The normalized spacial score (nSPS) is 17.8. The Kier molecular flexibility index (Phi) is 0.946. The summed E-state index contributed by atoms with van der Waals surface area (Å²) in [7, 11) is 0. The predicted octanol–water partition coefficient (Wildman–Crippen LogP) is 1.67. The average Bonchev–Trinajstić information content (AvgIpc) is 2.60. The summed E-state index contributed by atoms with van der Waals surface area (Å²) in [5.74, 6) is 0.740. The Morgan fingerprint density at radius 2 is 2.45 bits per heavy atom. The first-order valence-corrected chi connectivity index (χ1v) is 4.60. The van der Waals surface area contributed by atoms with Gasteiger partial charge in [-0.2, -0.15) is 5.10 Å². The van der Waals surface area contributed by atoms with Crippen molar-refractivity contribution in [3.63, 3.8) is 0 Å². The van der Waals surface area contributed by atoms with Gasteiger partial charge in [-0.15, -0.1) is 0 Å². The van der Waals surface area contributed by atoms with Crippen LogP contribution < -0.4 is 0 Å². The third kappa shape index (κ3) is 0.790. The van der Waals surface area contributed by atoms with Crippen LogP contribution in [0.5, 0.6) is 0 Å². The minimum absolute atomic E-state index is 0.740. The van der Waals surface area contributed by atoms with Crippen molar-refractivity contribution in [3.8, 4) is 0 Å². The van der Waals surface area contributed by atoms with Gasteiger partial charge >= 0.3 is 0 Å². The predicted molar refractivity (Wildman–Crippen MR) is 42.8 cm³/mol. The van der Waals surface area contributed by atoms with Crippen molar-refractivity contribution >= 4 is 16.3 Å². The molecule has 56 valence electrons. The second-order valence-electron chi connectivity index (χ2n) is 2.91. The molecule has 4 heteroatoms. The number of imidazole rings is 1. The molecule has 0 bridgehead atoms. The lowest BCUT2D eigenvalue weighted by Gasteiger charge is -1.81. The van der Waals surface area contributed by atoms with E-state index < -0.39 is 0 Å². The SMILES string of the molecule is c1nn2cc(C3CC3)nc2s1. The largest absolute Gasteiger partial charge is 0.222 e. The van der Waals surface area contributed by atoms with Crippen molar-refractivity contribution < 1.29 is 0 Å². The van der Waals surface area contributed by atoms with Crippen LogP contribution in [0, 0.1) is 0 Å². The van der Waals surface area contributed by atoms with Crippen LogP contribution in [0.1, 0.15) is 24.5 Å². The quantitative estimate of drug-likeness (QED) is 0.643. The number of rotatable bonds is 1. The Bertz CT molecular complexity index is 356. The summed E-state index contributed by atoms with van der Waals surface area (Å²) in [6.45, 7) is 0. The van der Waals surface area contributed by atoms with E-state index >= 15 is 0 Å². The molecule has 0 N–H and O–H groups in total. The number of hydrogen-bond donors (Lipinski definition) is 0. The van der Waals surface area contributed by atoms with Gasteiger partial charge in [-0.1, -0.05) is 11.3 Å². The van der Waals surface area contributed by atoms with Crippen LogP contribution in [0.15, 0.2) is 11.7 Å². The fourth-order valence-corrected chi connectivity index (χ4v) is 1.84. The minimum atomic E-state index is 0.740. The maximum Gasteiger partial charge on any atom is 0.212 e. The first kappa shape index (κ1) is 5.71. The highest BCUT2D eigenvalue weighted by Gasteiger charge is 2.26. The van der Waals surface area contributed by atoms with Crippen molar-refractivity contribution in [1.82, 2.24) is 14.6 Å². The molecule has 0 amide bonds. The Balaban J connectivity index is 2.22. The van der Waals surface area contributed by atoms with Crippen LogP contribution >= 0.6 is 11.3 Å². The van der Waals surface area contributed by atoms with Crippen molar-refractivity contribution in [2.75, 3.05) is 0 Å². The molecule has 1 saturated carbocycles. The molecular weight excluding hydrogens is 158 g/mol. The smallest absolute Gasteiger partial charge is 0.212 e. The van der Waals surface area contributed by atoms with E-state index in [4.69, 9.17) is 0 Å². The molecular formula is C7H7N3S. The molecule has 1 fully saturated rings. The zero-order chi connectivity index (χ0) is 7.26. The molecule has 0 aliphatic heterocycles. The first-order valence-electron chi connectivity index (χ1n) is 3.72. The molecule has 1 aliphatic rings. The Morgan fingerprint density at radius 1 is 1.55 bits per heavy atom. The topological polar surface area (TPSA) is 30.2 Å². The van der Waals surface area contributed by atoms with Gasteiger partial charge in [0.1, 0.15) is 5.51 Å². The second-order valence-corrected chi connectivity index (χ2v) is 3.72. The first-order chi connectivity index (χ1) is 5.43. The molecule has 0 spiro atoms. The molecule has 1 aliphatic carbocycles. The fraction of sp³-hybridized carbons (Fsp3) is 0.429. The monoisotopic (exact) mass is 165 g/mol. The highest BCUT2D eigenvalue weighted by molar-refractivity contribution is 7.14. The van der Waals surface area contributed by atoms with E-state index in [0.717, 1.165) is 10.9 Å². The lowest BCUT2D eigenvalue weighted by atomic mass is 10.3. The summed E-state index contributed by atoms with van der Waals surface area (Å²) in [6.07, 6.45) is 4.67. The average molecular weight is 165 g/mol. The van der Waals surface area contributed by atoms with Crippen molar-refractivity contribution in [3.05, 3.63) is 17.4 Å². The van der Waals surface area contributed by atoms with Crippen LogP contribution in [0.3, 0.4) is 0 Å². The van der Waals surface area contributed by atoms with E-state index in [-0.39, 0.29) is 0 Å². The Hall–Kier alpha value is -0.900. The minimum Gasteiger partial charge on any atom is -0.222 e. The van der Waals surface area contributed by atoms with Crippen LogP contribution in [0.2, 0.25) is 0 Å². The van der Waals surface area contributed by atoms with Gasteiger partial charge in [0.05, 0.1) is 11.9 Å². The molecule has 3 rings (SSSR count). The van der Waals surface area contributed by atoms with E-state index in [1.54, 1.807) is 11.3 Å². The molecule has 0 unspecified atom stereocenters. The Labute approximate surface area is 67.7 Å². The van der Waals surface area contributed by atoms with Gasteiger partial charge in [0.25, 0.3) is 0 Å². The summed E-state index contributed by atoms with van der Waals surface area (Å²) < 4.78 is 1.86. The molecule has 3 nitrogen and oxygen atoms in total. The summed E-state index contributed by atoms with van der Waals surface area (Å²) >= 11 is 1.59. The van der Waals surface area contributed by atoms with Gasteiger partial charge in [-0.05, 0) is 12.8 Å². The van der Waals surface area contributed by atoms with Crippen LogP contribution in [0.25, 0.3) is 4.96 Å². The highest BCUT2D eigenvalue weighted by atomic mass is 32.1.